The van der Waals surface area contributed by atoms with Crippen LogP contribution in [0.15, 0.2) is 30.7 Å². The molecule has 0 bridgehead atoms. The Morgan fingerprint density at radius 1 is 1.47 bits per heavy atom. The van der Waals surface area contributed by atoms with E-state index in [0.717, 1.165) is 16.9 Å². The minimum absolute atomic E-state index is 0.257. The van der Waals surface area contributed by atoms with E-state index in [1.807, 2.05) is 6.92 Å². The van der Waals surface area contributed by atoms with Crippen LogP contribution in [0, 0.1) is 12.7 Å². The first-order valence-corrected chi connectivity index (χ1v) is 4.70. The molecular formula is C11H12FN3. The van der Waals surface area contributed by atoms with Crippen LogP contribution in [0.5, 0.6) is 0 Å². The highest BCUT2D eigenvalue weighted by atomic mass is 19.1. The SMILES string of the molecule is Cc1ccc(F)cc1-n1cncc1CN. The lowest BCUT2D eigenvalue weighted by molar-refractivity contribution is 0.625. The predicted octanol–water partition coefficient (Wildman–Crippen LogP) is 1.78. The Bertz CT molecular complexity index is 476. The van der Waals surface area contributed by atoms with Crippen LogP contribution in [0.4, 0.5) is 4.39 Å². The van der Waals surface area contributed by atoms with Crippen LogP contribution >= 0.6 is 0 Å². The molecule has 0 aliphatic heterocycles. The van der Waals surface area contributed by atoms with E-state index in [4.69, 9.17) is 5.73 Å². The van der Waals surface area contributed by atoms with Crippen molar-refractivity contribution in [3.05, 3.63) is 47.8 Å². The maximum atomic E-state index is 13.1. The summed E-state index contributed by atoms with van der Waals surface area (Å²) in [5, 5.41) is 0. The number of halogens is 1. The highest BCUT2D eigenvalue weighted by molar-refractivity contribution is 5.41. The maximum absolute atomic E-state index is 13.1. The van der Waals surface area contributed by atoms with Crippen molar-refractivity contribution in [3.8, 4) is 5.69 Å². The molecule has 0 atom stereocenters. The van der Waals surface area contributed by atoms with E-state index in [1.54, 1.807) is 23.2 Å². The number of imidazole rings is 1. The van der Waals surface area contributed by atoms with Crippen molar-refractivity contribution in [2.75, 3.05) is 0 Å². The van der Waals surface area contributed by atoms with Crippen molar-refractivity contribution in [1.82, 2.24) is 9.55 Å². The van der Waals surface area contributed by atoms with Crippen LogP contribution in [0.1, 0.15) is 11.3 Å². The number of nitrogens with two attached hydrogens (primary N) is 1. The lowest BCUT2D eigenvalue weighted by Crippen LogP contribution is -2.06. The fraction of sp³-hybridized carbons (Fsp3) is 0.182. The highest BCUT2D eigenvalue weighted by Gasteiger charge is 2.06. The molecule has 0 radical (unpaired) electrons. The Hall–Kier alpha value is -1.68. The van der Waals surface area contributed by atoms with Crippen molar-refractivity contribution in [1.29, 1.82) is 0 Å². The molecule has 0 amide bonds. The first kappa shape index (κ1) is 9.86. The van der Waals surface area contributed by atoms with E-state index < -0.39 is 0 Å². The van der Waals surface area contributed by atoms with Gasteiger partial charge in [-0.2, -0.15) is 0 Å². The largest absolute Gasteiger partial charge is 0.325 e. The molecule has 1 heterocycles. The van der Waals surface area contributed by atoms with Crippen LogP contribution in [0.3, 0.4) is 0 Å². The van der Waals surface area contributed by atoms with Crippen molar-refractivity contribution >= 4 is 0 Å². The van der Waals surface area contributed by atoms with Gasteiger partial charge in [-0.15, -0.1) is 0 Å². The van der Waals surface area contributed by atoms with Gasteiger partial charge in [0, 0.05) is 12.7 Å². The monoisotopic (exact) mass is 205 g/mol. The van der Waals surface area contributed by atoms with Gasteiger partial charge in [0.15, 0.2) is 0 Å². The van der Waals surface area contributed by atoms with Crippen molar-refractivity contribution in [3.63, 3.8) is 0 Å². The fourth-order valence-corrected chi connectivity index (χ4v) is 1.53. The van der Waals surface area contributed by atoms with Gasteiger partial charge < -0.3 is 10.3 Å². The van der Waals surface area contributed by atoms with Gasteiger partial charge in [-0.1, -0.05) is 6.07 Å². The molecule has 0 saturated carbocycles. The standard InChI is InChI=1S/C11H12FN3/c1-8-2-3-9(12)4-11(8)15-7-14-6-10(15)5-13/h2-4,6-7H,5,13H2,1H3. The Labute approximate surface area is 87.4 Å². The zero-order valence-electron chi connectivity index (χ0n) is 8.44. The number of aromatic nitrogens is 2. The first-order valence-electron chi connectivity index (χ1n) is 4.70. The summed E-state index contributed by atoms with van der Waals surface area (Å²) in [5.41, 5.74) is 8.21. The molecular weight excluding hydrogens is 193 g/mol. The van der Waals surface area contributed by atoms with Gasteiger partial charge in [0.1, 0.15) is 5.82 Å². The molecule has 0 saturated heterocycles. The molecule has 0 aliphatic rings. The Kier molecular flexibility index (Phi) is 2.51. The zero-order valence-corrected chi connectivity index (χ0v) is 8.44. The van der Waals surface area contributed by atoms with Crippen LogP contribution in [0.2, 0.25) is 0 Å². The van der Waals surface area contributed by atoms with Gasteiger partial charge in [-0.3, -0.25) is 0 Å². The molecule has 2 aromatic rings. The van der Waals surface area contributed by atoms with Crippen LogP contribution in [-0.2, 0) is 6.54 Å². The quantitative estimate of drug-likeness (QED) is 0.812. The second-order valence-corrected chi connectivity index (χ2v) is 3.39. The molecule has 15 heavy (non-hydrogen) atoms. The van der Waals surface area contributed by atoms with E-state index in [-0.39, 0.29) is 5.82 Å². The maximum Gasteiger partial charge on any atom is 0.125 e. The number of nitrogens with zero attached hydrogens (tertiary/aromatic N) is 2. The van der Waals surface area contributed by atoms with Crippen LogP contribution < -0.4 is 5.73 Å². The fourth-order valence-electron chi connectivity index (χ4n) is 1.53. The lowest BCUT2D eigenvalue weighted by Gasteiger charge is -2.09. The second-order valence-electron chi connectivity index (χ2n) is 3.39. The van der Waals surface area contributed by atoms with Crippen LogP contribution in [0.25, 0.3) is 5.69 Å². The normalized spacial score (nSPS) is 10.6. The van der Waals surface area contributed by atoms with Gasteiger partial charge in [-0.05, 0) is 24.6 Å². The molecule has 4 heteroatoms. The van der Waals surface area contributed by atoms with E-state index in [1.165, 1.54) is 12.1 Å². The number of hydrogen-bond acceptors (Lipinski definition) is 2. The average Bonchev–Trinajstić information content (AvgIpc) is 2.69. The predicted molar refractivity (Wildman–Crippen MR) is 56.2 cm³/mol. The van der Waals surface area contributed by atoms with Crippen molar-refractivity contribution in [2.45, 2.75) is 13.5 Å². The first-order chi connectivity index (χ1) is 7.22. The molecule has 78 valence electrons. The summed E-state index contributed by atoms with van der Waals surface area (Å²) < 4.78 is 14.9. The van der Waals surface area contributed by atoms with Gasteiger partial charge in [0.05, 0.1) is 17.7 Å². The third kappa shape index (κ3) is 1.76. The van der Waals surface area contributed by atoms with Gasteiger partial charge >= 0.3 is 0 Å². The average molecular weight is 205 g/mol. The highest BCUT2D eigenvalue weighted by Crippen LogP contribution is 2.17. The lowest BCUT2D eigenvalue weighted by atomic mass is 10.2. The van der Waals surface area contributed by atoms with Gasteiger partial charge in [0.25, 0.3) is 0 Å². The third-order valence-electron chi connectivity index (χ3n) is 2.35. The Morgan fingerprint density at radius 2 is 2.27 bits per heavy atom. The summed E-state index contributed by atoms with van der Waals surface area (Å²) in [7, 11) is 0. The minimum Gasteiger partial charge on any atom is -0.325 e. The number of rotatable bonds is 2. The van der Waals surface area contributed by atoms with E-state index >= 15 is 0 Å². The number of aryl methyl sites for hydroxylation is 1. The minimum atomic E-state index is -0.257. The van der Waals surface area contributed by atoms with E-state index in [0.29, 0.717) is 6.54 Å². The smallest absolute Gasteiger partial charge is 0.125 e. The van der Waals surface area contributed by atoms with Crippen LogP contribution in [-0.4, -0.2) is 9.55 Å². The molecule has 0 fully saturated rings. The third-order valence-corrected chi connectivity index (χ3v) is 2.35. The second kappa shape index (κ2) is 3.82. The number of benzene rings is 1. The summed E-state index contributed by atoms with van der Waals surface area (Å²) >= 11 is 0. The summed E-state index contributed by atoms with van der Waals surface area (Å²) in [6.07, 6.45) is 3.33. The molecule has 0 unspecified atom stereocenters. The molecule has 2 rings (SSSR count). The number of hydrogen-bond donors (Lipinski definition) is 1. The topological polar surface area (TPSA) is 43.8 Å². The van der Waals surface area contributed by atoms with Gasteiger partial charge in [0.2, 0.25) is 0 Å². The summed E-state index contributed by atoms with van der Waals surface area (Å²) in [5.74, 6) is -0.257. The summed E-state index contributed by atoms with van der Waals surface area (Å²) in [6, 6.07) is 4.67. The van der Waals surface area contributed by atoms with Crippen molar-refractivity contribution < 1.29 is 4.39 Å². The van der Waals surface area contributed by atoms with E-state index in [9.17, 15) is 4.39 Å². The Balaban J connectivity index is 2.58. The molecule has 2 N–H and O–H groups in total. The molecule has 0 aliphatic carbocycles. The van der Waals surface area contributed by atoms with Crippen molar-refractivity contribution in [2.24, 2.45) is 5.73 Å². The summed E-state index contributed by atoms with van der Waals surface area (Å²) in [6.45, 7) is 2.31. The molecule has 3 nitrogen and oxygen atoms in total. The molecule has 1 aromatic heterocycles. The van der Waals surface area contributed by atoms with E-state index in [2.05, 4.69) is 4.98 Å². The Morgan fingerprint density at radius 3 is 3.00 bits per heavy atom. The van der Waals surface area contributed by atoms with Gasteiger partial charge in [-0.25, -0.2) is 9.37 Å². The molecule has 0 spiro atoms. The molecule has 1 aromatic carbocycles. The zero-order chi connectivity index (χ0) is 10.8. The summed E-state index contributed by atoms with van der Waals surface area (Å²) in [4.78, 5) is 4.00.